The Balaban J connectivity index is 2.09. The molecule has 0 amide bonds. The highest BCUT2D eigenvalue weighted by Gasteiger charge is 2.33. The van der Waals surface area contributed by atoms with Crippen molar-refractivity contribution in [3.8, 4) is 0 Å². The van der Waals surface area contributed by atoms with Crippen LogP contribution in [0.1, 0.15) is 13.3 Å². The highest BCUT2D eigenvalue weighted by Crippen LogP contribution is 2.21. The summed E-state index contributed by atoms with van der Waals surface area (Å²) in [6.45, 7) is 3.07. The number of anilines is 1. The van der Waals surface area contributed by atoms with E-state index >= 15 is 0 Å². The third-order valence-electron chi connectivity index (χ3n) is 3.02. The maximum atomic E-state index is 11.7. The van der Waals surface area contributed by atoms with Crippen LogP contribution in [0.15, 0.2) is 24.5 Å². The van der Waals surface area contributed by atoms with Gasteiger partial charge >= 0.3 is 5.97 Å². The SMILES string of the molecule is CCOC(=O)C1CN(c2ccncc2)CCC1=O. The molecule has 0 aliphatic carbocycles. The minimum absolute atomic E-state index is 0.0289. The van der Waals surface area contributed by atoms with E-state index < -0.39 is 11.9 Å². The van der Waals surface area contributed by atoms with E-state index in [4.69, 9.17) is 4.74 Å². The molecule has 1 aliphatic rings. The summed E-state index contributed by atoms with van der Waals surface area (Å²) >= 11 is 0. The minimum atomic E-state index is -0.660. The fourth-order valence-corrected chi connectivity index (χ4v) is 2.07. The number of rotatable bonds is 3. The first-order valence-electron chi connectivity index (χ1n) is 6.06. The molecule has 0 radical (unpaired) electrons. The number of carbonyl (C=O) groups excluding carboxylic acids is 2. The number of hydrogen-bond acceptors (Lipinski definition) is 5. The molecule has 1 fully saturated rings. The van der Waals surface area contributed by atoms with Gasteiger partial charge in [-0.1, -0.05) is 0 Å². The lowest BCUT2D eigenvalue weighted by molar-refractivity contribution is -0.151. The predicted molar refractivity (Wildman–Crippen MR) is 66.2 cm³/mol. The molecule has 1 aromatic heterocycles. The minimum Gasteiger partial charge on any atom is -0.465 e. The lowest BCUT2D eigenvalue weighted by Crippen LogP contribution is -2.45. The highest BCUT2D eigenvalue weighted by atomic mass is 16.5. The van der Waals surface area contributed by atoms with Crippen molar-refractivity contribution in [2.24, 2.45) is 5.92 Å². The summed E-state index contributed by atoms with van der Waals surface area (Å²) in [5.41, 5.74) is 0.979. The summed E-state index contributed by atoms with van der Waals surface area (Å²) in [6, 6.07) is 3.75. The first-order chi connectivity index (χ1) is 8.72. The van der Waals surface area contributed by atoms with Gasteiger partial charge in [-0.25, -0.2) is 0 Å². The van der Waals surface area contributed by atoms with E-state index in [1.807, 2.05) is 17.0 Å². The van der Waals surface area contributed by atoms with Crippen molar-refractivity contribution in [1.82, 2.24) is 4.98 Å². The van der Waals surface area contributed by atoms with Gasteiger partial charge in [0.05, 0.1) is 6.61 Å². The lowest BCUT2D eigenvalue weighted by atomic mass is 9.96. The summed E-state index contributed by atoms with van der Waals surface area (Å²) in [5, 5.41) is 0. The van der Waals surface area contributed by atoms with Gasteiger partial charge in [0.25, 0.3) is 0 Å². The monoisotopic (exact) mass is 248 g/mol. The van der Waals surface area contributed by atoms with Gasteiger partial charge in [-0.3, -0.25) is 14.6 Å². The van der Waals surface area contributed by atoms with Crippen LogP contribution in [0.2, 0.25) is 0 Å². The average molecular weight is 248 g/mol. The zero-order valence-electron chi connectivity index (χ0n) is 10.3. The number of nitrogens with zero attached hydrogens (tertiary/aromatic N) is 2. The molecule has 5 heteroatoms. The number of pyridine rings is 1. The van der Waals surface area contributed by atoms with Crippen LogP contribution in [-0.4, -0.2) is 36.4 Å². The Labute approximate surface area is 106 Å². The summed E-state index contributed by atoms with van der Waals surface area (Å²) < 4.78 is 4.94. The molecule has 1 atom stereocenters. The Bertz CT molecular complexity index is 433. The molecule has 1 aromatic rings. The Morgan fingerprint density at radius 1 is 1.50 bits per heavy atom. The topological polar surface area (TPSA) is 59.5 Å². The van der Waals surface area contributed by atoms with Crippen LogP contribution in [0.5, 0.6) is 0 Å². The van der Waals surface area contributed by atoms with Gasteiger partial charge in [0.1, 0.15) is 5.92 Å². The Morgan fingerprint density at radius 2 is 2.22 bits per heavy atom. The molecule has 5 nitrogen and oxygen atoms in total. The summed E-state index contributed by atoms with van der Waals surface area (Å²) in [5.74, 6) is -1.10. The van der Waals surface area contributed by atoms with Crippen LogP contribution in [-0.2, 0) is 14.3 Å². The van der Waals surface area contributed by atoms with Crippen molar-refractivity contribution in [2.75, 3.05) is 24.6 Å². The van der Waals surface area contributed by atoms with E-state index in [-0.39, 0.29) is 5.78 Å². The second-order valence-corrected chi connectivity index (χ2v) is 4.17. The number of carbonyl (C=O) groups is 2. The lowest BCUT2D eigenvalue weighted by Gasteiger charge is -2.32. The largest absolute Gasteiger partial charge is 0.465 e. The standard InChI is InChI=1S/C13H16N2O3/c1-2-18-13(17)11-9-15(8-5-12(11)16)10-3-6-14-7-4-10/h3-4,6-7,11H,2,5,8-9H2,1H3. The fourth-order valence-electron chi connectivity index (χ4n) is 2.07. The number of esters is 1. The molecule has 2 rings (SSSR count). The van der Waals surface area contributed by atoms with Gasteiger partial charge in [-0.15, -0.1) is 0 Å². The van der Waals surface area contributed by atoms with E-state index in [1.165, 1.54) is 0 Å². The fraction of sp³-hybridized carbons (Fsp3) is 0.462. The Kier molecular flexibility index (Phi) is 3.92. The normalized spacial score (nSPS) is 19.7. The number of Topliss-reactive ketones (excluding diaryl/α,β-unsaturated/α-hetero) is 1. The van der Waals surface area contributed by atoms with Crippen LogP contribution in [0.4, 0.5) is 5.69 Å². The van der Waals surface area contributed by atoms with Crippen LogP contribution in [0, 0.1) is 5.92 Å². The van der Waals surface area contributed by atoms with Crippen LogP contribution >= 0.6 is 0 Å². The third kappa shape index (κ3) is 2.67. The van der Waals surface area contributed by atoms with E-state index in [1.54, 1.807) is 19.3 Å². The zero-order chi connectivity index (χ0) is 13.0. The van der Waals surface area contributed by atoms with Gasteiger partial charge in [-0.2, -0.15) is 0 Å². The van der Waals surface area contributed by atoms with Crippen LogP contribution in [0.3, 0.4) is 0 Å². The molecule has 0 bridgehead atoms. The second-order valence-electron chi connectivity index (χ2n) is 4.17. The van der Waals surface area contributed by atoms with Gasteiger partial charge < -0.3 is 9.64 Å². The molecule has 0 saturated carbocycles. The summed E-state index contributed by atoms with van der Waals surface area (Å²) in [4.78, 5) is 29.4. The molecule has 18 heavy (non-hydrogen) atoms. The van der Waals surface area contributed by atoms with Crippen molar-refractivity contribution in [1.29, 1.82) is 0 Å². The molecule has 0 aromatic carbocycles. The number of ketones is 1. The van der Waals surface area contributed by atoms with Crippen LogP contribution in [0.25, 0.3) is 0 Å². The molecule has 0 N–H and O–H groups in total. The van der Waals surface area contributed by atoms with Gasteiger partial charge in [0.15, 0.2) is 5.78 Å². The van der Waals surface area contributed by atoms with E-state index in [0.717, 1.165) is 5.69 Å². The van der Waals surface area contributed by atoms with E-state index in [2.05, 4.69) is 4.98 Å². The molecule has 0 spiro atoms. The van der Waals surface area contributed by atoms with E-state index in [0.29, 0.717) is 26.1 Å². The first kappa shape index (κ1) is 12.5. The van der Waals surface area contributed by atoms with Crippen molar-refractivity contribution in [3.05, 3.63) is 24.5 Å². The van der Waals surface area contributed by atoms with Crippen molar-refractivity contribution < 1.29 is 14.3 Å². The maximum absolute atomic E-state index is 11.7. The third-order valence-corrected chi connectivity index (χ3v) is 3.02. The Hall–Kier alpha value is -1.91. The number of ether oxygens (including phenoxy) is 1. The first-order valence-corrected chi connectivity index (χ1v) is 6.06. The Morgan fingerprint density at radius 3 is 2.89 bits per heavy atom. The van der Waals surface area contributed by atoms with Gasteiger partial charge in [0, 0.05) is 37.6 Å². The van der Waals surface area contributed by atoms with Crippen molar-refractivity contribution in [2.45, 2.75) is 13.3 Å². The number of hydrogen-bond donors (Lipinski definition) is 0. The quantitative estimate of drug-likeness (QED) is 0.591. The average Bonchev–Trinajstić information content (AvgIpc) is 2.40. The van der Waals surface area contributed by atoms with E-state index in [9.17, 15) is 9.59 Å². The summed E-state index contributed by atoms with van der Waals surface area (Å²) in [7, 11) is 0. The van der Waals surface area contributed by atoms with Gasteiger partial charge in [-0.05, 0) is 19.1 Å². The number of piperidine rings is 1. The molecule has 1 unspecified atom stereocenters. The van der Waals surface area contributed by atoms with Crippen LogP contribution < -0.4 is 4.90 Å². The molecular formula is C13H16N2O3. The molecular weight excluding hydrogens is 232 g/mol. The van der Waals surface area contributed by atoms with Crippen molar-refractivity contribution in [3.63, 3.8) is 0 Å². The zero-order valence-corrected chi connectivity index (χ0v) is 10.3. The van der Waals surface area contributed by atoms with Crippen molar-refractivity contribution >= 4 is 17.4 Å². The summed E-state index contributed by atoms with van der Waals surface area (Å²) in [6.07, 6.45) is 3.78. The number of aromatic nitrogens is 1. The van der Waals surface area contributed by atoms with Gasteiger partial charge in [0.2, 0.25) is 0 Å². The smallest absolute Gasteiger partial charge is 0.318 e. The highest BCUT2D eigenvalue weighted by molar-refractivity contribution is 6.00. The molecule has 2 heterocycles. The molecule has 96 valence electrons. The molecule has 1 saturated heterocycles. The predicted octanol–water partition coefficient (Wildman–Crippen LogP) is 1.04. The second kappa shape index (κ2) is 5.62. The molecule has 1 aliphatic heterocycles. The maximum Gasteiger partial charge on any atom is 0.318 e.